The van der Waals surface area contributed by atoms with E-state index in [1.54, 1.807) is 13.0 Å². The van der Waals surface area contributed by atoms with Gasteiger partial charge in [0.05, 0.1) is 11.0 Å². The van der Waals surface area contributed by atoms with Crippen LogP contribution in [0.1, 0.15) is 11.1 Å². The molecule has 1 heterocycles. The molecule has 0 radical (unpaired) electrons. The van der Waals surface area contributed by atoms with Gasteiger partial charge in [-0.1, -0.05) is 17.7 Å². The zero-order chi connectivity index (χ0) is 16.1. The fourth-order valence-electron chi connectivity index (χ4n) is 3.16. The number of aryl methyl sites for hydroxylation is 2. The van der Waals surface area contributed by atoms with Crippen molar-refractivity contribution in [1.29, 1.82) is 0 Å². The summed E-state index contributed by atoms with van der Waals surface area (Å²) in [4.78, 5) is 0. The molecule has 0 N–H and O–H groups in total. The van der Waals surface area contributed by atoms with Crippen LogP contribution >= 0.6 is 0 Å². The highest BCUT2D eigenvalue weighted by molar-refractivity contribution is 6.09. The standard InChI is InChI=1S/C20H15F2N/c1-12-6-7-19-16(8-12)17-9-13(2)18(22)11-20(17)23(19)15-5-3-4-14(21)10-15/h3-11H,1-2H3. The first kappa shape index (κ1) is 13.9. The molecule has 0 fully saturated rings. The molecule has 3 heteroatoms. The first-order valence-corrected chi connectivity index (χ1v) is 7.51. The molecule has 1 aromatic heterocycles. The Balaban J connectivity index is 2.22. The summed E-state index contributed by atoms with van der Waals surface area (Å²) >= 11 is 0. The van der Waals surface area contributed by atoms with Crippen LogP contribution in [-0.2, 0) is 0 Å². The summed E-state index contributed by atoms with van der Waals surface area (Å²) in [6.45, 7) is 3.79. The highest BCUT2D eigenvalue weighted by atomic mass is 19.1. The van der Waals surface area contributed by atoms with Gasteiger partial charge in [-0.25, -0.2) is 8.78 Å². The topological polar surface area (TPSA) is 4.93 Å². The summed E-state index contributed by atoms with van der Waals surface area (Å²) in [5, 5.41) is 2.03. The van der Waals surface area contributed by atoms with Crippen molar-refractivity contribution < 1.29 is 8.78 Å². The van der Waals surface area contributed by atoms with Gasteiger partial charge in [-0.2, -0.15) is 0 Å². The fourth-order valence-corrected chi connectivity index (χ4v) is 3.16. The monoisotopic (exact) mass is 307 g/mol. The lowest BCUT2D eigenvalue weighted by Gasteiger charge is -2.08. The summed E-state index contributed by atoms with van der Waals surface area (Å²) in [6, 6.07) is 15.9. The predicted molar refractivity (Wildman–Crippen MR) is 90.2 cm³/mol. The van der Waals surface area contributed by atoms with E-state index in [1.165, 1.54) is 18.2 Å². The quantitative estimate of drug-likeness (QED) is 0.426. The van der Waals surface area contributed by atoms with Crippen LogP contribution in [0.25, 0.3) is 27.5 Å². The van der Waals surface area contributed by atoms with Crippen molar-refractivity contribution in [3.8, 4) is 5.69 Å². The first-order valence-electron chi connectivity index (χ1n) is 7.51. The Morgan fingerprint density at radius 2 is 1.57 bits per heavy atom. The van der Waals surface area contributed by atoms with E-state index in [0.29, 0.717) is 11.3 Å². The van der Waals surface area contributed by atoms with Crippen molar-refractivity contribution in [3.63, 3.8) is 0 Å². The molecule has 0 saturated heterocycles. The van der Waals surface area contributed by atoms with E-state index in [2.05, 4.69) is 6.07 Å². The van der Waals surface area contributed by atoms with Crippen LogP contribution in [-0.4, -0.2) is 4.57 Å². The molecular weight excluding hydrogens is 292 g/mol. The molecule has 3 aromatic carbocycles. The van der Waals surface area contributed by atoms with Crippen molar-refractivity contribution in [2.24, 2.45) is 0 Å². The molecule has 1 nitrogen and oxygen atoms in total. The molecule has 0 aliphatic carbocycles. The van der Waals surface area contributed by atoms with Crippen molar-refractivity contribution in [1.82, 2.24) is 4.57 Å². The van der Waals surface area contributed by atoms with Gasteiger partial charge in [0, 0.05) is 16.5 Å². The third-order valence-corrected chi connectivity index (χ3v) is 4.27. The smallest absolute Gasteiger partial charge is 0.128 e. The molecular formula is C20H15F2N. The normalized spacial score (nSPS) is 11.5. The molecule has 114 valence electrons. The molecule has 23 heavy (non-hydrogen) atoms. The number of halogens is 2. The number of nitrogens with zero attached hydrogens (tertiary/aromatic N) is 1. The van der Waals surface area contributed by atoms with Crippen LogP contribution in [0.4, 0.5) is 8.78 Å². The second kappa shape index (κ2) is 4.92. The van der Waals surface area contributed by atoms with E-state index in [1.807, 2.05) is 35.8 Å². The van der Waals surface area contributed by atoms with E-state index in [4.69, 9.17) is 0 Å². The Labute approximate surface area is 132 Å². The molecule has 0 atom stereocenters. The first-order chi connectivity index (χ1) is 11.0. The minimum atomic E-state index is -0.308. The van der Waals surface area contributed by atoms with Crippen LogP contribution in [0.15, 0.2) is 54.6 Å². The fraction of sp³-hybridized carbons (Fsp3) is 0.100. The van der Waals surface area contributed by atoms with E-state index < -0.39 is 0 Å². The molecule has 0 spiro atoms. The molecule has 0 aliphatic rings. The van der Waals surface area contributed by atoms with E-state index >= 15 is 0 Å². The van der Waals surface area contributed by atoms with Gasteiger partial charge in [-0.05, 0) is 61.9 Å². The Hall–Kier alpha value is -2.68. The second-order valence-corrected chi connectivity index (χ2v) is 5.95. The molecule has 0 saturated carbocycles. The summed E-state index contributed by atoms with van der Waals surface area (Å²) in [5.74, 6) is -0.563. The summed E-state index contributed by atoms with van der Waals surface area (Å²) in [5.41, 5.74) is 4.13. The van der Waals surface area contributed by atoms with Crippen molar-refractivity contribution >= 4 is 21.8 Å². The highest BCUT2D eigenvalue weighted by Gasteiger charge is 2.14. The van der Waals surface area contributed by atoms with Gasteiger partial charge in [0.15, 0.2) is 0 Å². The van der Waals surface area contributed by atoms with Crippen molar-refractivity contribution in [2.45, 2.75) is 13.8 Å². The van der Waals surface area contributed by atoms with E-state index in [9.17, 15) is 8.78 Å². The largest absolute Gasteiger partial charge is 0.309 e. The maximum atomic E-state index is 14.1. The lowest BCUT2D eigenvalue weighted by molar-refractivity contribution is 0.620. The number of rotatable bonds is 1. The highest BCUT2D eigenvalue weighted by Crippen LogP contribution is 2.34. The Kier molecular flexibility index (Phi) is 2.98. The van der Waals surface area contributed by atoms with Gasteiger partial charge in [-0.15, -0.1) is 0 Å². The average Bonchev–Trinajstić information content (AvgIpc) is 2.81. The van der Waals surface area contributed by atoms with Crippen molar-refractivity contribution in [2.75, 3.05) is 0 Å². The SMILES string of the molecule is Cc1ccc2c(c1)c1cc(C)c(F)cc1n2-c1cccc(F)c1. The van der Waals surface area contributed by atoms with Gasteiger partial charge < -0.3 is 4.57 Å². The number of fused-ring (bicyclic) bond motifs is 3. The van der Waals surface area contributed by atoms with Gasteiger partial charge in [0.1, 0.15) is 11.6 Å². The third kappa shape index (κ3) is 2.12. The molecule has 0 bridgehead atoms. The predicted octanol–water partition coefficient (Wildman–Crippen LogP) is 5.68. The van der Waals surface area contributed by atoms with Gasteiger partial charge in [-0.3, -0.25) is 0 Å². The third-order valence-electron chi connectivity index (χ3n) is 4.27. The number of hydrogen-bond donors (Lipinski definition) is 0. The van der Waals surface area contributed by atoms with Crippen molar-refractivity contribution in [3.05, 3.63) is 77.4 Å². The zero-order valence-electron chi connectivity index (χ0n) is 12.9. The summed E-state index contributed by atoms with van der Waals surface area (Å²) < 4.78 is 29.7. The van der Waals surface area contributed by atoms with Crippen LogP contribution in [0, 0.1) is 25.5 Å². The molecule has 4 rings (SSSR count). The number of aromatic nitrogens is 1. The Bertz CT molecular complexity index is 1060. The Morgan fingerprint density at radius 1 is 0.783 bits per heavy atom. The zero-order valence-corrected chi connectivity index (χ0v) is 12.9. The lowest BCUT2D eigenvalue weighted by Crippen LogP contribution is -1.95. The maximum Gasteiger partial charge on any atom is 0.128 e. The van der Waals surface area contributed by atoms with Gasteiger partial charge in [0.2, 0.25) is 0 Å². The molecule has 0 amide bonds. The van der Waals surface area contributed by atoms with Crippen LogP contribution < -0.4 is 0 Å². The van der Waals surface area contributed by atoms with E-state index in [0.717, 1.165) is 27.4 Å². The summed E-state index contributed by atoms with van der Waals surface area (Å²) in [7, 11) is 0. The second-order valence-electron chi connectivity index (χ2n) is 5.95. The number of hydrogen-bond acceptors (Lipinski definition) is 0. The van der Waals surface area contributed by atoms with Gasteiger partial charge >= 0.3 is 0 Å². The average molecular weight is 307 g/mol. The minimum Gasteiger partial charge on any atom is -0.309 e. The minimum absolute atomic E-state index is 0.255. The molecule has 0 aliphatic heterocycles. The van der Waals surface area contributed by atoms with Gasteiger partial charge in [0.25, 0.3) is 0 Å². The molecule has 0 unspecified atom stereocenters. The van der Waals surface area contributed by atoms with Crippen LogP contribution in [0.3, 0.4) is 0 Å². The summed E-state index contributed by atoms with van der Waals surface area (Å²) in [6.07, 6.45) is 0. The van der Waals surface area contributed by atoms with Crippen LogP contribution in [0.5, 0.6) is 0 Å². The Morgan fingerprint density at radius 3 is 2.35 bits per heavy atom. The van der Waals surface area contributed by atoms with E-state index in [-0.39, 0.29) is 11.6 Å². The molecule has 4 aromatic rings. The lowest BCUT2D eigenvalue weighted by atomic mass is 10.1. The van der Waals surface area contributed by atoms with Crippen LogP contribution in [0.2, 0.25) is 0 Å². The maximum absolute atomic E-state index is 14.1. The number of benzene rings is 3.